The Labute approximate surface area is 94.8 Å². The number of halogens is 1. The molecular weight excluding hydrogens is 264 g/mol. The van der Waals surface area contributed by atoms with E-state index >= 15 is 0 Å². The van der Waals surface area contributed by atoms with Gasteiger partial charge in [0.05, 0.1) is 0 Å². The van der Waals surface area contributed by atoms with Crippen LogP contribution >= 0.6 is 15.9 Å². The van der Waals surface area contributed by atoms with E-state index in [0.717, 1.165) is 11.8 Å². The Bertz CT molecular complexity index is 127. The second kappa shape index (κ2) is 7.17. The van der Waals surface area contributed by atoms with Crippen LogP contribution in [0.3, 0.4) is 0 Å². The average Bonchev–Trinajstić information content (AvgIpc) is 2.04. The second-order valence-corrected chi connectivity index (χ2v) is 6.28. The molecule has 0 aliphatic heterocycles. The van der Waals surface area contributed by atoms with E-state index in [0.29, 0.717) is 0 Å². The molecule has 0 N–H and O–H groups in total. The van der Waals surface area contributed by atoms with Crippen LogP contribution in [0.5, 0.6) is 0 Å². The van der Waals surface area contributed by atoms with Crippen molar-refractivity contribution in [2.75, 3.05) is 5.33 Å². The lowest BCUT2D eigenvalue weighted by molar-refractivity contribution is -0.0793. The topological polar surface area (TPSA) is 18.5 Å². The highest BCUT2D eigenvalue weighted by atomic mass is 79.9. The fourth-order valence-electron chi connectivity index (χ4n) is 1.16. The van der Waals surface area contributed by atoms with E-state index in [-0.39, 0.29) is 31.2 Å². The SMILES string of the molecule is C[SiH2]OC(O[SiH2]C)C(C)(C)CCBr. The monoisotopic (exact) mass is 284 g/mol. The maximum absolute atomic E-state index is 5.73. The summed E-state index contributed by atoms with van der Waals surface area (Å²) in [6.45, 7) is 8.73. The summed E-state index contributed by atoms with van der Waals surface area (Å²) < 4.78 is 11.5. The zero-order chi connectivity index (χ0) is 10.3. The Kier molecular flexibility index (Phi) is 7.63. The molecular formula is C8H21BrO2Si2. The average molecular weight is 285 g/mol. The summed E-state index contributed by atoms with van der Waals surface area (Å²) in [5, 5.41) is 1.01. The van der Waals surface area contributed by atoms with E-state index < -0.39 is 0 Å². The van der Waals surface area contributed by atoms with Crippen LogP contribution in [0.4, 0.5) is 0 Å². The summed E-state index contributed by atoms with van der Waals surface area (Å²) in [6, 6.07) is 0. The van der Waals surface area contributed by atoms with Crippen molar-refractivity contribution >= 4 is 35.5 Å². The molecule has 13 heavy (non-hydrogen) atoms. The summed E-state index contributed by atoms with van der Waals surface area (Å²) >= 11 is 3.47. The van der Waals surface area contributed by atoms with Crippen LogP contribution in [0.2, 0.25) is 13.1 Å². The largest absolute Gasteiger partial charge is 0.400 e. The molecule has 0 radical (unpaired) electrons. The lowest BCUT2D eigenvalue weighted by Gasteiger charge is -2.33. The third-order valence-electron chi connectivity index (χ3n) is 2.01. The van der Waals surface area contributed by atoms with Gasteiger partial charge in [0, 0.05) is 10.7 Å². The Hall–Kier alpha value is 0.834. The fraction of sp³-hybridized carbons (Fsp3) is 1.00. The molecule has 5 heteroatoms. The van der Waals surface area contributed by atoms with Crippen molar-refractivity contribution in [3.05, 3.63) is 0 Å². The molecule has 0 fully saturated rings. The maximum Gasteiger partial charge on any atom is 0.161 e. The minimum Gasteiger partial charge on any atom is -0.400 e. The van der Waals surface area contributed by atoms with Crippen molar-refractivity contribution in [3.63, 3.8) is 0 Å². The Morgan fingerprint density at radius 1 is 1.23 bits per heavy atom. The zero-order valence-electron chi connectivity index (χ0n) is 9.10. The van der Waals surface area contributed by atoms with Crippen LogP contribution in [0.25, 0.3) is 0 Å². The maximum atomic E-state index is 5.73. The third kappa shape index (κ3) is 5.32. The number of rotatable bonds is 7. The van der Waals surface area contributed by atoms with Gasteiger partial charge in [0.1, 0.15) is 6.29 Å². The molecule has 0 rings (SSSR count). The molecule has 0 saturated carbocycles. The van der Waals surface area contributed by atoms with Gasteiger partial charge in [-0.1, -0.05) is 42.9 Å². The zero-order valence-corrected chi connectivity index (χ0v) is 13.5. The van der Waals surface area contributed by atoms with Crippen LogP contribution in [0.1, 0.15) is 20.3 Å². The van der Waals surface area contributed by atoms with Crippen LogP contribution in [-0.2, 0) is 8.85 Å². The summed E-state index contributed by atoms with van der Waals surface area (Å²) in [4.78, 5) is 0. The molecule has 0 aromatic heterocycles. The van der Waals surface area contributed by atoms with Crippen molar-refractivity contribution < 1.29 is 8.85 Å². The highest BCUT2D eigenvalue weighted by Gasteiger charge is 2.29. The smallest absolute Gasteiger partial charge is 0.161 e. The van der Waals surface area contributed by atoms with Gasteiger partial charge in [0.25, 0.3) is 0 Å². The molecule has 2 nitrogen and oxygen atoms in total. The van der Waals surface area contributed by atoms with E-state index in [2.05, 4.69) is 42.9 Å². The summed E-state index contributed by atoms with van der Waals surface area (Å²) in [5.41, 5.74) is 0.148. The van der Waals surface area contributed by atoms with Crippen molar-refractivity contribution in [2.45, 2.75) is 39.7 Å². The molecule has 0 aliphatic rings. The quantitative estimate of drug-likeness (QED) is 0.400. The molecule has 80 valence electrons. The predicted octanol–water partition coefficient (Wildman–Crippen LogP) is 1.42. The molecule has 0 aromatic carbocycles. The first kappa shape index (κ1) is 13.8. The number of alkyl halides is 1. The summed E-state index contributed by atoms with van der Waals surface area (Å²) in [7, 11) is -0.737. The standard InChI is InChI=1S/C8H21BrO2Si2/c1-8(2,5-6-9)7(10-12-3)11-13-4/h7H,5-6,12-13H2,1-4H3. The van der Waals surface area contributed by atoms with E-state index in [1.54, 1.807) is 0 Å². The first-order chi connectivity index (χ1) is 6.08. The molecule has 0 amide bonds. The lowest BCUT2D eigenvalue weighted by atomic mass is 9.90. The highest BCUT2D eigenvalue weighted by molar-refractivity contribution is 9.09. The van der Waals surface area contributed by atoms with Gasteiger partial charge in [-0.25, -0.2) is 0 Å². The van der Waals surface area contributed by atoms with E-state index in [4.69, 9.17) is 8.85 Å². The summed E-state index contributed by atoms with van der Waals surface area (Å²) in [6.07, 6.45) is 1.14. The minimum absolute atomic E-state index is 0.0402. The van der Waals surface area contributed by atoms with Crippen LogP contribution < -0.4 is 0 Å². The van der Waals surface area contributed by atoms with Gasteiger partial charge in [-0.3, -0.25) is 0 Å². The van der Waals surface area contributed by atoms with Crippen LogP contribution in [0, 0.1) is 5.41 Å². The first-order valence-electron chi connectivity index (χ1n) is 4.87. The first-order valence-corrected chi connectivity index (χ1v) is 9.98. The molecule has 0 unspecified atom stereocenters. The van der Waals surface area contributed by atoms with Crippen molar-refractivity contribution in [2.24, 2.45) is 5.41 Å². The Balaban J connectivity index is 4.13. The van der Waals surface area contributed by atoms with Gasteiger partial charge < -0.3 is 8.85 Å². The Morgan fingerprint density at radius 3 is 2.00 bits per heavy atom. The normalized spacial score (nSPS) is 16.4. The van der Waals surface area contributed by atoms with Gasteiger partial charge in [-0.15, -0.1) is 0 Å². The van der Waals surface area contributed by atoms with Crippen molar-refractivity contribution in [3.8, 4) is 0 Å². The van der Waals surface area contributed by atoms with E-state index in [1.165, 1.54) is 0 Å². The van der Waals surface area contributed by atoms with Gasteiger partial charge in [0.15, 0.2) is 19.5 Å². The van der Waals surface area contributed by atoms with Gasteiger partial charge in [-0.05, 0) is 6.42 Å². The molecule has 0 saturated heterocycles. The molecule has 0 spiro atoms. The van der Waals surface area contributed by atoms with E-state index in [1.807, 2.05) is 0 Å². The van der Waals surface area contributed by atoms with Gasteiger partial charge in [-0.2, -0.15) is 0 Å². The van der Waals surface area contributed by atoms with Crippen molar-refractivity contribution in [1.29, 1.82) is 0 Å². The van der Waals surface area contributed by atoms with Crippen molar-refractivity contribution in [1.82, 2.24) is 0 Å². The predicted molar refractivity (Wildman–Crippen MR) is 67.0 cm³/mol. The molecule has 0 aliphatic carbocycles. The molecule has 0 heterocycles. The number of hydrogen-bond donors (Lipinski definition) is 0. The molecule has 0 aromatic rings. The third-order valence-corrected chi connectivity index (χ3v) is 3.68. The highest BCUT2D eigenvalue weighted by Crippen LogP contribution is 2.28. The fourth-order valence-corrected chi connectivity index (χ4v) is 4.08. The van der Waals surface area contributed by atoms with E-state index in [9.17, 15) is 0 Å². The number of hydrogen-bond acceptors (Lipinski definition) is 2. The molecule has 0 bridgehead atoms. The Morgan fingerprint density at radius 2 is 1.69 bits per heavy atom. The van der Waals surface area contributed by atoms with Crippen LogP contribution in [0.15, 0.2) is 0 Å². The minimum atomic E-state index is -0.369. The van der Waals surface area contributed by atoms with Gasteiger partial charge >= 0.3 is 0 Å². The lowest BCUT2D eigenvalue weighted by Crippen LogP contribution is -2.36. The van der Waals surface area contributed by atoms with Crippen LogP contribution in [-0.4, -0.2) is 31.1 Å². The molecule has 0 atom stereocenters. The van der Waals surface area contributed by atoms with Gasteiger partial charge in [0.2, 0.25) is 0 Å². The summed E-state index contributed by atoms with van der Waals surface area (Å²) in [5.74, 6) is 0. The second-order valence-electron chi connectivity index (χ2n) is 3.67.